The number of anilines is 2. The SMILES string of the molecule is C[C@H]1CN(c2cc(-c3cnc(N)c(C(F)(F)F)c3)nc(Cl)n2)CCN1C(=O)OC(C)(C)C. The maximum absolute atomic E-state index is 13.2. The van der Waals surface area contributed by atoms with E-state index in [0.717, 1.165) is 6.07 Å². The molecule has 2 aromatic rings. The molecule has 1 amide bonds. The first-order chi connectivity index (χ1) is 14.7. The molecule has 2 aromatic heterocycles. The van der Waals surface area contributed by atoms with Gasteiger partial charge in [-0.2, -0.15) is 13.2 Å². The Balaban J connectivity index is 1.84. The number of nitrogens with two attached hydrogens (primary N) is 1. The van der Waals surface area contributed by atoms with Crippen molar-refractivity contribution in [2.75, 3.05) is 30.3 Å². The largest absolute Gasteiger partial charge is 0.444 e. The molecule has 1 fully saturated rings. The van der Waals surface area contributed by atoms with Crippen LogP contribution < -0.4 is 10.6 Å². The van der Waals surface area contributed by atoms with Crippen LogP contribution in [0.3, 0.4) is 0 Å². The fourth-order valence-corrected chi connectivity index (χ4v) is 3.49. The quantitative estimate of drug-likeness (QED) is 0.653. The third-order valence-corrected chi connectivity index (χ3v) is 4.95. The van der Waals surface area contributed by atoms with E-state index in [2.05, 4.69) is 15.0 Å². The smallest absolute Gasteiger partial charge is 0.419 e. The van der Waals surface area contributed by atoms with Crippen molar-refractivity contribution in [1.29, 1.82) is 0 Å². The minimum Gasteiger partial charge on any atom is -0.444 e. The number of pyridine rings is 1. The second kappa shape index (κ2) is 8.61. The number of carbonyl (C=O) groups excluding carboxylic acids is 1. The van der Waals surface area contributed by atoms with Gasteiger partial charge in [0.25, 0.3) is 0 Å². The van der Waals surface area contributed by atoms with Crippen molar-refractivity contribution < 1.29 is 22.7 Å². The highest BCUT2D eigenvalue weighted by Gasteiger charge is 2.35. The lowest BCUT2D eigenvalue weighted by Gasteiger charge is -2.40. The van der Waals surface area contributed by atoms with Crippen LogP contribution >= 0.6 is 11.6 Å². The van der Waals surface area contributed by atoms with Gasteiger partial charge in [-0.1, -0.05) is 0 Å². The van der Waals surface area contributed by atoms with Gasteiger partial charge >= 0.3 is 12.3 Å². The van der Waals surface area contributed by atoms with Crippen LogP contribution in [0.2, 0.25) is 5.28 Å². The Labute approximate surface area is 188 Å². The molecule has 0 unspecified atom stereocenters. The first-order valence-corrected chi connectivity index (χ1v) is 10.2. The van der Waals surface area contributed by atoms with Gasteiger partial charge < -0.3 is 20.3 Å². The summed E-state index contributed by atoms with van der Waals surface area (Å²) >= 11 is 6.07. The Bertz CT molecular complexity index is 1010. The van der Waals surface area contributed by atoms with Crippen LogP contribution in [0, 0.1) is 0 Å². The van der Waals surface area contributed by atoms with Crippen molar-refractivity contribution in [1.82, 2.24) is 19.9 Å². The predicted molar refractivity (Wildman–Crippen MR) is 114 cm³/mol. The minimum atomic E-state index is -4.65. The minimum absolute atomic E-state index is 0.109. The molecule has 0 radical (unpaired) electrons. The van der Waals surface area contributed by atoms with Crippen LogP contribution in [0.15, 0.2) is 18.3 Å². The van der Waals surface area contributed by atoms with Gasteiger partial charge in [-0.3, -0.25) is 0 Å². The van der Waals surface area contributed by atoms with E-state index in [9.17, 15) is 18.0 Å². The van der Waals surface area contributed by atoms with Crippen LogP contribution in [0.25, 0.3) is 11.3 Å². The van der Waals surface area contributed by atoms with Gasteiger partial charge in [0, 0.05) is 43.5 Å². The number of nitrogens with zero attached hydrogens (tertiary/aromatic N) is 5. The third kappa shape index (κ3) is 5.50. The topological polar surface area (TPSA) is 97.5 Å². The van der Waals surface area contributed by atoms with Crippen molar-refractivity contribution in [2.45, 2.75) is 45.5 Å². The Morgan fingerprint density at radius 1 is 1.22 bits per heavy atom. The summed E-state index contributed by atoms with van der Waals surface area (Å²) in [6.07, 6.45) is -3.85. The third-order valence-electron chi connectivity index (χ3n) is 4.78. The van der Waals surface area contributed by atoms with E-state index in [1.54, 1.807) is 25.7 Å². The van der Waals surface area contributed by atoms with Gasteiger partial charge in [0.05, 0.1) is 11.3 Å². The molecule has 0 saturated carbocycles. The van der Waals surface area contributed by atoms with E-state index in [1.165, 1.54) is 12.3 Å². The summed E-state index contributed by atoms with van der Waals surface area (Å²) in [5, 5.41) is -0.120. The monoisotopic (exact) mass is 472 g/mol. The lowest BCUT2D eigenvalue weighted by Crippen LogP contribution is -2.55. The first kappa shape index (κ1) is 23.8. The van der Waals surface area contributed by atoms with E-state index in [1.807, 2.05) is 11.8 Å². The Kier molecular flexibility index (Phi) is 6.41. The molecule has 1 atom stereocenters. The van der Waals surface area contributed by atoms with Gasteiger partial charge in [0.1, 0.15) is 17.2 Å². The number of carbonyl (C=O) groups is 1. The highest BCUT2D eigenvalue weighted by atomic mass is 35.5. The normalized spacial score (nSPS) is 17.4. The Hall–Kier alpha value is -2.82. The Morgan fingerprint density at radius 2 is 1.91 bits per heavy atom. The summed E-state index contributed by atoms with van der Waals surface area (Å²) in [5.74, 6) is -0.185. The average molecular weight is 473 g/mol. The molecule has 32 heavy (non-hydrogen) atoms. The maximum atomic E-state index is 13.2. The summed E-state index contributed by atoms with van der Waals surface area (Å²) in [7, 11) is 0. The maximum Gasteiger partial charge on any atom is 0.419 e. The summed E-state index contributed by atoms with van der Waals surface area (Å²) in [6, 6.07) is 2.23. The molecular formula is C20H24ClF3N6O2. The zero-order valence-corrected chi connectivity index (χ0v) is 18.8. The number of hydrogen-bond donors (Lipinski definition) is 1. The molecule has 2 N–H and O–H groups in total. The van der Waals surface area contributed by atoms with E-state index in [0.29, 0.717) is 25.5 Å². The zero-order chi connectivity index (χ0) is 23.8. The van der Waals surface area contributed by atoms with Crippen molar-refractivity contribution in [3.8, 4) is 11.3 Å². The zero-order valence-electron chi connectivity index (χ0n) is 18.1. The highest BCUT2D eigenvalue weighted by Crippen LogP contribution is 2.35. The van der Waals surface area contributed by atoms with Crippen molar-refractivity contribution >= 4 is 29.3 Å². The fourth-order valence-electron chi connectivity index (χ4n) is 3.32. The van der Waals surface area contributed by atoms with Gasteiger partial charge in [0.2, 0.25) is 5.28 Å². The van der Waals surface area contributed by atoms with Gasteiger partial charge in [-0.25, -0.2) is 19.7 Å². The summed E-state index contributed by atoms with van der Waals surface area (Å²) in [6.45, 7) is 8.52. The molecule has 1 aliphatic rings. The average Bonchev–Trinajstić information content (AvgIpc) is 2.65. The molecule has 8 nitrogen and oxygen atoms in total. The molecular weight excluding hydrogens is 449 g/mol. The van der Waals surface area contributed by atoms with Crippen LogP contribution in [-0.2, 0) is 10.9 Å². The van der Waals surface area contributed by atoms with E-state index in [-0.39, 0.29) is 22.6 Å². The number of halogens is 4. The lowest BCUT2D eigenvalue weighted by molar-refractivity contribution is -0.137. The van der Waals surface area contributed by atoms with E-state index >= 15 is 0 Å². The first-order valence-electron chi connectivity index (χ1n) is 9.87. The number of hydrogen-bond acceptors (Lipinski definition) is 7. The highest BCUT2D eigenvalue weighted by molar-refractivity contribution is 6.28. The molecule has 174 valence electrons. The standard InChI is InChI=1S/C20H24ClF3N6O2/c1-11-10-29(5-6-30(11)18(31)32-19(2,3)4)15-8-14(27-17(21)28-15)12-7-13(20(22,23)24)16(25)26-9-12/h7-9,11H,5-6,10H2,1-4H3,(H2,25,26)/t11-/m0/s1. The number of piperazine rings is 1. The number of nitrogen functional groups attached to an aromatic ring is 1. The van der Waals surface area contributed by atoms with E-state index in [4.69, 9.17) is 22.1 Å². The van der Waals surface area contributed by atoms with Crippen LogP contribution in [-0.4, -0.2) is 57.2 Å². The molecule has 0 bridgehead atoms. The molecule has 1 aliphatic heterocycles. The van der Waals surface area contributed by atoms with Gasteiger partial charge in [0.15, 0.2) is 0 Å². The van der Waals surface area contributed by atoms with Gasteiger partial charge in [-0.05, 0) is 45.4 Å². The number of alkyl halides is 3. The second-order valence-corrected chi connectivity index (χ2v) is 8.84. The molecule has 3 heterocycles. The summed E-state index contributed by atoms with van der Waals surface area (Å²) in [5.41, 5.74) is 4.01. The van der Waals surface area contributed by atoms with E-state index < -0.39 is 29.3 Å². The van der Waals surface area contributed by atoms with Crippen LogP contribution in [0.1, 0.15) is 33.3 Å². The Morgan fingerprint density at radius 3 is 2.50 bits per heavy atom. The number of amides is 1. The molecule has 0 spiro atoms. The van der Waals surface area contributed by atoms with Crippen LogP contribution in [0.5, 0.6) is 0 Å². The van der Waals surface area contributed by atoms with Gasteiger partial charge in [-0.15, -0.1) is 0 Å². The van der Waals surface area contributed by atoms with Crippen molar-refractivity contribution in [3.05, 3.63) is 29.2 Å². The summed E-state index contributed by atoms with van der Waals surface area (Å²) in [4.78, 5) is 27.9. The predicted octanol–water partition coefficient (Wildman–Crippen LogP) is 4.24. The van der Waals surface area contributed by atoms with Crippen LogP contribution in [0.4, 0.5) is 29.6 Å². The van der Waals surface area contributed by atoms with Crippen molar-refractivity contribution in [3.63, 3.8) is 0 Å². The number of rotatable bonds is 2. The molecule has 3 rings (SSSR count). The second-order valence-electron chi connectivity index (χ2n) is 8.50. The number of aromatic nitrogens is 3. The summed E-state index contributed by atoms with van der Waals surface area (Å²) < 4.78 is 45.1. The lowest BCUT2D eigenvalue weighted by atomic mass is 10.1. The molecule has 0 aliphatic carbocycles. The van der Waals surface area contributed by atoms with Crippen molar-refractivity contribution in [2.24, 2.45) is 0 Å². The molecule has 12 heteroatoms. The number of ether oxygens (including phenoxy) is 1. The molecule has 1 saturated heterocycles. The molecule has 0 aromatic carbocycles. The fraction of sp³-hybridized carbons (Fsp3) is 0.500.